The Morgan fingerprint density at radius 2 is 1.91 bits per heavy atom. The largest absolute Gasteiger partial charge is 0.328 e. The molecule has 0 radical (unpaired) electrons. The van der Waals surface area contributed by atoms with E-state index in [9.17, 15) is 9.59 Å². The van der Waals surface area contributed by atoms with Crippen LogP contribution in [0.4, 0.5) is 0 Å². The van der Waals surface area contributed by atoms with Crippen molar-refractivity contribution in [3.63, 3.8) is 0 Å². The summed E-state index contributed by atoms with van der Waals surface area (Å²) in [6, 6.07) is 13.5. The van der Waals surface area contributed by atoms with Crippen molar-refractivity contribution in [1.82, 2.24) is 14.5 Å². The van der Waals surface area contributed by atoms with Crippen molar-refractivity contribution in [1.29, 1.82) is 0 Å². The normalized spacial score (nSPS) is 11.3. The second-order valence-corrected chi connectivity index (χ2v) is 6.28. The fourth-order valence-electron chi connectivity index (χ4n) is 2.69. The summed E-state index contributed by atoms with van der Waals surface area (Å²) in [4.78, 5) is 32.8. The molecule has 5 nitrogen and oxygen atoms in total. The zero-order chi connectivity index (χ0) is 15.8. The molecule has 0 aliphatic rings. The molecule has 0 aliphatic carbocycles. The number of benzene rings is 1. The molecule has 4 rings (SSSR count). The number of fused-ring (bicyclic) bond motifs is 3. The minimum atomic E-state index is -0.373. The molecule has 23 heavy (non-hydrogen) atoms. The molecule has 0 bridgehead atoms. The zero-order valence-electron chi connectivity index (χ0n) is 12.2. The van der Waals surface area contributed by atoms with Crippen molar-refractivity contribution in [2.45, 2.75) is 13.0 Å². The van der Waals surface area contributed by atoms with Gasteiger partial charge in [0.15, 0.2) is 0 Å². The van der Waals surface area contributed by atoms with E-state index in [1.54, 1.807) is 12.3 Å². The second-order valence-electron chi connectivity index (χ2n) is 5.28. The standard InChI is InChI=1S/C17H13N3O2S/c21-16-14-13(12-7-4-9-18-15(12)23-14)19-17(22)20(16)10-8-11-5-2-1-3-6-11/h1-7,9H,8,10H2,(H,19,22). The maximum absolute atomic E-state index is 12.7. The number of aromatic amines is 1. The molecule has 1 N–H and O–H groups in total. The number of aryl methyl sites for hydroxylation is 1. The Hall–Kier alpha value is -2.73. The molecule has 0 spiro atoms. The molecule has 0 fully saturated rings. The van der Waals surface area contributed by atoms with E-state index in [4.69, 9.17) is 0 Å². The SMILES string of the molecule is O=c1[nH]c2c(sc3ncccc32)c(=O)n1CCc1ccccc1. The maximum Gasteiger partial charge on any atom is 0.328 e. The Morgan fingerprint density at radius 3 is 2.74 bits per heavy atom. The first-order chi connectivity index (χ1) is 11.2. The van der Waals surface area contributed by atoms with Gasteiger partial charge in [-0.1, -0.05) is 30.3 Å². The first-order valence-electron chi connectivity index (χ1n) is 7.28. The van der Waals surface area contributed by atoms with Crippen LogP contribution in [0.5, 0.6) is 0 Å². The van der Waals surface area contributed by atoms with Crippen LogP contribution in [-0.4, -0.2) is 14.5 Å². The molecule has 4 aromatic rings. The molecule has 0 aliphatic heterocycles. The van der Waals surface area contributed by atoms with Crippen LogP contribution >= 0.6 is 11.3 Å². The summed E-state index contributed by atoms with van der Waals surface area (Å²) in [5, 5.41) is 0.817. The molecule has 3 aromatic heterocycles. The summed E-state index contributed by atoms with van der Waals surface area (Å²) in [7, 11) is 0. The Labute approximate surface area is 134 Å². The van der Waals surface area contributed by atoms with Crippen LogP contribution in [0.25, 0.3) is 20.4 Å². The minimum absolute atomic E-state index is 0.248. The lowest BCUT2D eigenvalue weighted by atomic mass is 10.1. The smallest absolute Gasteiger partial charge is 0.305 e. The topological polar surface area (TPSA) is 67.8 Å². The summed E-state index contributed by atoms with van der Waals surface area (Å²) in [5.41, 5.74) is 1.06. The highest BCUT2D eigenvalue weighted by atomic mass is 32.1. The molecular formula is C17H13N3O2S. The Morgan fingerprint density at radius 1 is 1.09 bits per heavy atom. The van der Waals surface area contributed by atoms with E-state index >= 15 is 0 Å². The molecule has 3 heterocycles. The van der Waals surface area contributed by atoms with Gasteiger partial charge in [0, 0.05) is 18.1 Å². The molecule has 1 aromatic carbocycles. The predicted octanol–water partition coefficient (Wildman–Crippen LogP) is 2.54. The van der Waals surface area contributed by atoms with Gasteiger partial charge in [0.2, 0.25) is 0 Å². The third-order valence-corrected chi connectivity index (χ3v) is 4.95. The molecule has 0 amide bonds. The maximum atomic E-state index is 12.7. The number of aromatic nitrogens is 3. The monoisotopic (exact) mass is 323 g/mol. The quantitative estimate of drug-likeness (QED) is 0.630. The van der Waals surface area contributed by atoms with Gasteiger partial charge in [-0.05, 0) is 24.1 Å². The van der Waals surface area contributed by atoms with E-state index < -0.39 is 0 Å². The van der Waals surface area contributed by atoms with Crippen molar-refractivity contribution in [2.24, 2.45) is 0 Å². The molecule has 0 saturated carbocycles. The van der Waals surface area contributed by atoms with Crippen molar-refractivity contribution in [2.75, 3.05) is 0 Å². The molecule has 0 atom stereocenters. The van der Waals surface area contributed by atoms with Gasteiger partial charge in [0.1, 0.15) is 9.53 Å². The number of pyridine rings is 1. The third kappa shape index (κ3) is 2.37. The number of rotatable bonds is 3. The number of hydrogen-bond acceptors (Lipinski definition) is 4. The summed E-state index contributed by atoms with van der Waals surface area (Å²) in [5.74, 6) is 0. The Kier molecular flexibility index (Phi) is 3.31. The van der Waals surface area contributed by atoms with Gasteiger partial charge in [-0.25, -0.2) is 9.78 Å². The highest BCUT2D eigenvalue weighted by Crippen LogP contribution is 2.27. The van der Waals surface area contributed by atoms with Gasteiger partial charge >= 0.3 is 5.69 Å². The lowest BCUT2D eigenvalue weighted by molar-refractivity contribution is 0.637. The first-order valence-corrected chi connectivity index (χ1v) is 8.10. The third-order valence-electron chi connectivity index (χ3n) is 3.85. The summed E-state index contributed by atoms with van der Waals surface area (Å²) in [6.07, 6.45) is 2.32. The Balaban J connectivity index is 1.83. The van der Waals surface area contributed by atoms with Crippen molar-refractivity contribution in [3.05, 3.63) is 75.1 Å². The number of hydrogen-bond donors (Lipinski definition) is 1. The lowest BCUT2D eigenvalue weighted by Gasteiger charge is -2.05. The lowest BCUT2D eigenvalue weighted by Crippen LogP contribution is -2.35. The summed E-state index contributed by atoms with van der Waals surface area (Å²) < 4.78 is 1.82. The zero-order valence-corrected chi connectivity index (χ0v) is 13.0. The van der Waals surface area contributed by atoms with E-state index in [-0.39, 0.29) is 11.2 Å². The second kappa shape index (κ2) is 5.48. The highest BCUT2D eigenvalue weighted by Gasteiger charge is 2.13. The van der Waals surface area contributed by atoms with Crippen molar-refractivity contribution >= 4 is 31.8 Å². The predicted molar refractivity (Wildman–Crippen MR) is 92.2 cm³/mol. The molecular weight excluding hydrogens is 310 g/mol. The van der Waals surface area contributed by atoms with E-state index in [1.807, 2.05) is 36.4 Å². The van der Waals surface area contributed by atoms with E-state index in [0.717, 1.165) is 15.8 Å². The molecule has 0 saturated heterocycles. The van der Waals surface area contributed by atoms with Crippen LogP contribution in [0.15, 0.2) is 58.3 Å². The average Bonchev–Trinajstić information content (AvgIpc) is 2.95. The molecule has 6 heteroatoms. The first kappa shape index (κ1) is 13.9. The van der Waals surface area contributed by atoms with Gasteiger partial charge in [0.25, 0.3) is 5.56 Å². The van der Waals surface area contributed by atoms with E-state index in [1.165, 1.54) is 15.9 Å². The Bertz CT molecular complexity index is 1110. The van der Waals surface area contributed by atoms with Gasteiger partial charge in [-0.15, -0.1) is 11.3 Å². The van der Waals surface area contributed by atoms with Crippen molar-refractivity contribution < 1.29 is 0 Å². The minimum Gasteiger partial charge on any atom is -0.305 e. The number of H-pyrrole nitrogens is 1. The van der Waals surface area contributed by atoms with Gasteiger partial charge in [-0.3, -0.25) is 9.36 Å². The van der Waals surface area contributed by atoms with Gasteiger partial charge in [0.05, 0.1) is 5.52 Å². The van der Waals surface area contributed by atoms with Crippen LogP contribution in [0.2, 0.25) is 0 Å². The number of nitrogens with zero attached hydrogens (tertiary/aromatic N) is 2. The van der Waals surface area contributed by atoms with E-state index in [2.05, 4.69) is 9.97 Å². The van der Waals surface area contributed by atoms with Crippen LogP contribution in [-0.2, 0) is 13.0 Å². The molecule has 114 valence electrons. The summed E-state index contributed by atoms with van der Waals surface area (Å²) in [6.45, 7) is 0.357. The fourth-order valence-corrected chi connectivity index (χ4v) is 3.73. The van der Waals surface area contributed by atoms with Crippen LogP contribution < -0.4 is 11.2 Å². The average molecular weight is 323 g/mol. The highest BCUT2D eigenvalue weighted by molar-refractivity contribution is 7.25. The van der Waals surface area contributed by atoms with Crippen LogP contribution in [0.3, 0.4) is 0 Å². The fraction of sp³-hybridized carbons (Fsp3) is 0.118. The number of thiophene rings is 1. The molecule has 0 unspecified atom stereocenters. The van der Waals surface area contributed by atoms with E-state index in [0.29, 0.717) is 23.2 Å². The van der Waals surface area contributed by atoms with Crippen LogP contribution in [0, 0.1) is 0 Å². The summed E-state index contributed by atoms with van der Waals surface area (Å²) >= 11 is 1.32. The number of nitrogens with one attached hydrogen (secondary N) is 1. The van der Waals surface area contributed by atoms with Gasteiger partial charge < -0.3 is 4.98 Å². The van der Waals surface area contributed by atoms with Crippen molar-refractivity contribution in [3.8, 4) is 0 Å². The van der Waals surface area contributed by atoms with Crippen LogP contribution in [0.1, 0.15) is 5.56 Å². The van der Waals surface area contributed by atoms with Gasteiger partial charge in [-0.2, -0.15) is 0 Å².